The van der Waals surface area contributed by atoms with Gasteiger partial charge in [-0.1, -0.05) is 33.6 Å². The average Bonchev–Trinajstić information content (AvgIpc) is 2.16. The molecule has 3 nitrogen and oxygen atoms in total. The summed E-state index contributed by atoms with van der Waals surface area (Å²) in [7, 11) is 0. The van der Waals surface area contributed by atoms with Crippen LogP contribution in [0, 0.1) is 5.41 Å². The molecule has 0 bridgehead atoms. The second-order valence-corrected chi connectivity index (χ2v) is 4.53. The number of amidine groups is 2. The third-order valence-electron chi connectivity index (χ3n) is 1.69. The Kier molecular flexibility index (Phi) is 4.76. The summed E-state index contributed by atoms with van der Waals surface area (Å²) < 4.78 is 0.174. The van der Waals surface area contributed by atoms with Crippen LogP contribution in [0.2, 0.25) is 5.02 Å². The zero-order valence-corrected chi connectivity index (χ0v) is 11.5. The van der Waals surface area contributed by atoms with Crippen molar-refractivity contribution >= 4 is 54.0 Å². The van der Waals surface area contributed by atoms with Gasteiger partial charge >= 0.3 is 0 Å². The minimum absolute atomic E-state index is 0.0846. The zero-order chi connectivity index (χ0) is 11.4. The molecule has 0 unspecified atom stereocenters. The van der Waals surface area contributed by atoms with E-state index in [2.05, 4.69) is 36.9 Å². The highest BCUT2D eigenvalue weighted by Crippen LogP contribution is 2.19. The summed E-state index contributed by atoms with van der Waals surface area (Å²) in [5, 5.41) is 8.93. The van der Waals surface area contributed by atoms with Gasteiger partial charge in [-0.2, -0.15) is 0 Å². The van der Waals surface area contributed by atoms with E-state index in [1.807, 2.05) is 6.07 Å². The molecule has 1 aromatic carbocycles. The molecule has 0 spiro atoms. The number of aliphatic imine (C=N–C) groups is 1. The number of nitrogens with one attached hydrogen (secondary N) is 1. The molecule has 0 aromatic heterocycles. The van der Waals surface area contributed by atoms with E-state index in [1.165, 1.54) is 0 Å². The van der Waals surface area contributed by atoms with Crippen LogP contribution in [0.15, 0.2) is 23.2 Å². The first kappa shape index (κ1) is 12.7. The second kappa shape index (κ2) is 5.63. The van der Waals surface area contributed by atoms with Crippen molar-refractivity contribution in [3.8, 4) is 0 Å². The molecule has 0 saturated heterocycles. The molecule has 0 aliphatic heterocycles. The molecular formula is C9H8Br2ClN3. The Morgan fingerprint density at radius 3 is 2.73 bits per heavy atom. The van der Waals surface area contributed by atoms with Gasteiger partial charge in [0.25, 0.3) is 0 Å². The maximum atomic E-state index is 7.72. The first-order valence-electron chi connectivity index (χ1n) is 3.97. The highest BCUT2D eigenvalue weighted by atomic mass is 79.9. The molecule has 0 amide bonds. The summed E-state index contributed by atoms with van der Waals surface area (Å²) in [6.07, 6.45) is 0. The van der Waals surface area contributed by atoms with Gasteiger partial charge < -0.3 is 5.73 Å². The molecule has 80 valence electrons. The SMILES string of the molecule is N=C(N=C(N)Br)c1cc(Cl)ccc1CBr. The third-order valence-corrected chi connectivity index (χ3v) is 2.71. The van der Waals surface area contributed by atoms with Gasteiger partial charge in [-0.25, -0.2) is 4.99 Å². The molecule has 1 rings (SSSR count). The van der Waals surface area contributed by atoms with Gasteiger partial charge in [-0.15, -0.1) is 0 Å². The van der Waals surface area contributed by atoms with Crippen LogP contribution in [-0.2, 0) is 5.33 Å². The fourth-order valence-electron chi connectivity index (χ4n) is 1.05. The number of halogens is 3. The van der Waals surface area contributed by atoms with E-state index >= 15 is 0 Å². The highest BCUT2D eigenvalue weighted by molar-refractivity contribution is 9.18. The molecule has 0 saturated carbocycles. The van der Waals surface area contributed by atoms with Gasteiger partial charge in [0.1, 0.15) is 0 Å². The van der Waals surface area contributed by atoms with Crippen molar-refractivity contribution in [1.29, 1.82) is 5.41 Å². The molecular weight excluding hydrogens is 345 g/mol. The van der Waals surface area contributed by atoms with E-state index in [1.54, 1.807) is 12.1 Å². The number of nitrogens with two attached hydrogens (primary N) is 1. The van der Waals surface area contributed by atoms with Crippen molar-refractivity contribution < 1.29 is 0 Å². The monoisotopic (exact) mass is 351 g/mol. The Hall–Kier alpha value is -0.390. The second-order valence-electron chi connectivity index (χ2n) is 2.72. The van der Waals surface area contributed by atoms with Crippen LogP contribution in [-0.4, -0.2) is 10.6 Å². The highest BCUT2D eigenvalue weighted by Gasteiger charge is 2.07. The lowest BCUT2D eigenvalue weighted by Gasteiger charge is -2.05. The molecule has 0 radical (unpaired) electrons. The number of rotatable bonds is 2. The van der Waals surface area contributed by atoms with E-state index < -0.39 is 0 Å². The lowest BCUT2D eigenvalue weighted by Crippen LogP contribution is -2.07. The molecule has 3 N–H and O–H groups in total. The van der Waals surface area contributed by atoms with Crippen LogP contribution in [0.3, 0.4) is 0 Å². The molecule has 0 aliphatic carbocycles. The van der Waals surface area contributed by atoms with E-state index in [0.717, 1.165) is 5.56 Å². The zero-order valence-electron chi connectivity index (χ0n) is 7.60. The van der Waals surface area contributed by atoms with Crippen LogP contribution in [0.25, 0.3) is 0 Å². The number of benzene rings is 1. The largest absolute Gasteiger partial charge is 0.378 e. The quantitative estimate of drug-likeness (QED) is 0.364. The van der Waals surface area contributed by atoms with Crippen LogP contribution in [0.1, 0.15) is 11.1 Å². The normalized spacial score (nSPS) is 11.5. The summed E-state index contributed by atoms with van der Waals surface area (Å²) in [6.45, 7) is 0. The van der Waals surface area contributed by atoms with Crippen molar-refractivity contribution in [3.63, 3.8) is 0 Å². The van der Waals surface area contributed by atoms with Gasteiger partial charge in [0.05, 0.1) is 0 Å². The van der Waals surface area contributed by atoms with Gasteiger partial charge in [0.15, 0.2) is 10.6 Å². The first-order chi connectivity index (χ1) is 7.04. The van der Waals surface area contributed by atoms with E-state index in [4.69, 9.17) is 22.7 Å². The van der Waals surface area contributed by atoms with Crippen LogP contribution in [0.4, 0.5) is 0 Å². The standard InChI is InChI=1S/C9H8Br2ClN3/c10-4-5-1-2-6(12)3-7(5)8(13)15-9(11)14/h1-3H,4H2,(H3,13,14,15). The van der Waals surface area contributed by atoms with Crippen molar-refractivity contribution in [3.05, 3.63) is 34.3 Å². The number of nitrogens with zero attached hydrogens (tertiary/aromatic N) is 1. The van der Waals surface area contributed by atoms with E-state index in [9.17, 15) is 0 Å². The number of alkyl halides is 1. The van der Waals surface area contributed by atoms with Crippen LogP contribution in [0.5, 0.6) is 0 Å². The molecule has 0 aliphatic rings. The van der Waals surface area contributed by atoms with Crippen molar-refractivity contribution in [2.75, 3.05) is 0 Å². The minimum atomic E-state index is 0.0846. The molecule has 0 atom stereocenters. The summed E-state index contributed by atoms with van der Waals surface area (Å²) in [5.41, 5.74) is 6.96. The van der Waals surface area contributed by atoms with Crippen molar-refractivity contribution in [2.24, 2.45) is 10.7 Å². The fourth-order valence-corrected chi connectivity index (χ4v) is 1.89. The molecule has 1 aromatic rings. The van der Waals surface area contributed by atoms with Gasteiger partial charge in [0.2, 0.25) is 0 Å². The van der Waals surface area contributed by atoms with Crippen LogP contribution >= 0.6 is 43.5 Å². The Balaban J connectivity index is 3.17. The number of hydrogen-bond donors (Lipinski definition) is 2. The third kappa shape index (κ3) is 3.59. The summed E-state index contributed by atoms with van der Waals surface area (Å²) in [4.78, 5) is 3.81. The number of hydrogen-bond acceptors (Lipinski definition) is 1. The predicted octanol–water partition coefficient (Wildman–Crippen LogP) is 3.27. The fraction of sp³-hybridized carbons (Fsp3) is 0.111. The smallest absolute Gasteiger partial charge is 0.169 e. The Labute approximate surface area is 109 Å². The topological polar surface area (TPSA) is 62.2 Å². The average molecular weight is 353 g/mol. The summed E-state index contributed by atoms with van der Waals surface area (Å²) in [6, 6.07) is 5.32. The van der Waals surface area contributed by atoms with Gasteiger partial charge in [-0.3, -0.25) is 5.41 Å². The summed E-state index contributed by atoms with van der Waals surface area (Å²) >= 11 is 12.2. The predicted molar refractivity (Wildman–Crippen MR) is 71.5 cm³/mol. The lowest BCUT2D eigenvalue weighted by atomic mass is 10.1. The molecule has 0 fully saturated rings. The Bertz CT molecular complexity index is 414. The Morgan fingerprint density at radius 1 is 1.53 bits per heavy atom. The maximum absolute atomic E-state index is 7.72. The van der Waals surface area contributed by atoms with Gasteiger partial charge in [-0.05, 0) is 33.6 Å². The van der Waals surface area contributed by atoms with Crippen LogP contribution < -0.4 is 5.73 Å². The molecule has 6 heteroatoms. The lowest BCUT2D eigenvalue weighted by molar-refractivity contribution is 1.35. The van der Waals surface area contributed by atoms with E-state index in [0.29, 0.717) is 15.9 Å². The Morgan fingerprint density at radius 2 is 2.20 bits per heavy atom. The van der Waals surface area contributed by atoms with Crippen molar-refractivity contribution in [1.82, 2.24) is 0 Å². The van der Waals surface area contributed by atoms with E-state index in [-0.39, 0.29) is 10.6 Å². The summed E-state index contributed by atoms with van der Waals surface area (Å²) in [5.74, 6) is 0.0846. The van der Waals surface area contributed by atoms with Gasteiger partial charge in [0, 0.05) is 15.9 Å². The molecule has 15 heavy (non-hydrogen) atoms. The maximum Gasteiger partial charge on any atom is 0.169 e. The first-order valence-corrected chi connectivity index (χ1v) is 6.27. The van der Waals surface area contributed by atoms with Crippen molar-refractivity contribution in [2.45, 2.75) is 5.33 Å². The molecule has 0 heterocycles. The minimum Gasteiger partial charge on any atom is -0.378 e.